The summed E-state index contributed by atoms with van der Waals surface area (Å²) < 4.78 is 0. The van der Waals surface area contributed by atoms with Crippen molar-refractivity contribution in [3.05, 3.63) is 28.5 Å². The summed E-state index contributed by atoms with van der Waals surface area (Å²) in [7, 11) is 0. The van der Waals surface area contributed by atoms with E-state index in [1.54, 1.807) is 17.4 Å². The van der Waals surface area contributed by atoms with Crippen LogP contribution in [0, 0.1) is 0 Å². The molecule has 6 heteroatoms. The number of hydrogen-bond acceptors (Lipinski definition) is 4. The van der Waals surface area contributed by atoms with E-state index in [1.165, 1.54) is 0 Å². The molecular formula is C17H23N3O2S. The average Bonchev–Trinajstić information content (AvgIpc) is 3.24. The summed E-state index contributed by atoms with van der Waals surface area (Å²) in [6.45, 7) is 2.45. The van der Waals surface area contributed by atoms with Crippen LogP contribution in [0.5, 0.6) is 0 Å². The number of nitrogens with zero attached hydrogens (tertiary/aromatic N) is 2. The van der Waals surface area contributed by atoms with Gasteiger partial charge in [-0.05, 0) is 60.7 Å². The lowest BCUT2D eigenvalue weighted by Crippen LogP contribution is -2.51. The zero-order chi connectivity index (χ0) is 16.2. The van der Waals surface area contributed by atoms with E-state index in [-0.39, 0.29) is 17.9 Å². The number of primary amides is 1. The highest BCUT2D eigenvalue weighted by molar-refractivity contribution is 7.08. The summed E-state index contributed by atoms with van der Waals surface area (Å²) in [6, 6.07) is 2.26. The second kappa shape index (κ2) is 7.27. The van der Waals surface area contributed by atoms with Crippen LogP contribution < -0.4 is 5.73 Å². The van der Waals surface area contributed by atoms with E-state index in [0.29, 0.717) is 6.04 Å². The molecular weight excluding hydrogens is 310 g/mol. The molecule has 2 aliphatic rings. The van der Waals surface area contributed by atoms with E-state index in [4.69, 9.17) is 5.73 Å². The quantitative estimate of drug-likeness (QED) is 0.853. The zero-order valence-electron chi connectivity index (χ0n) is 13.2. The van der Waals surface area contributed by atoms with Crippen molar-refractivity contribution in [2.75, 3.05) is 19.6 Å². The third-order valence-corrected chi connectivity index (χ3v) is 5.53. The Morgan fingerprint density at radius 2 is 2.00 bits per heavy atom. The maximum Gasteiger partial charge on any atom is 0.246 e. The maximum atomic E-state index is 12.2. The number of thiophene rings is 1. The standard InChI is InChI=1S/C17H23N3O2S/c18-17(22)15-2-1-8-20(15)14-5-9-19(10-6-14)16(21)4-3-13-7-11-23-12-13/h3-4,7,11-12,14-15H,1-2,5-6,8-10H2,(H2,18,22)/b4-3-/t15-/m1/s1. The normalized spacial score (nSPS) is 23.7. The van der Waals surface area contributed by atoms with Crippen molar-refractivity contribution in [2.45, 2.75) is 37.8 Å². The number of likely N-dealkylation sites (tertiary alicyclic amines) is 2. The van der Waals surface area contributed by atoms with Crippen LogP contribution in [-0.2, 0) is 9.59 Å². The highest BCUT2D eigenvalue weighted by atomic mass is 32.1. The predicted molar refractivity (Wildman–Crippen MR) is 91.9 cm³/mol. The molecule has 3 heterocycles. The molecule has 2 N–H and O–H groups in total. The molecule has 0 aliphatic carbocycles. The van der Waals surface area contributed by atoms with Gasteiger partial charge < -0.3 is 10.6 Å². The van der Waals surface area contributed by atoms with Crippen LogP contribution in [0.4, 0.5) is 0 Å². The fraction of sp³-hybridized carbons (Fsp3) is 0.529. The largest absolute Gasteiger partial charge is 0.368 e. The van der Waals surface area contributed by atoms with Crippen LogP contribution in [0.15, 0.2) is 22.9 Å². The molecule has 0 saturated carbocycles. The number of carbonyl (C=O) groups is 2. The molecule has 1 aromatic heterocycles. The minimum atomic E-state index is -0.209. The highest BCUT2D eigenvalue weighted by Crippen LogP contribution is 2.26. The first-order valence-corrected chi connectivity index (χ1v) is 9.13. The average molecular weight is 333 g/mol. The van der Waals surface area contributed by atoms with Gasteiger partial charge in [0.05, 0.1) is 6.04 Å². The summed E-state index contributed by atoms with van der Waals surface area (Å²) >= 11 is 1.62. The third kappa shape index (κ3) is 3.82. The van der Waals surface area contributed by atoms with Crippen molar-refractivity contribution in [1.82, 2.24) is 9.80 Å². The first-order valence-electron chi connectivity index (χ1n) is 8.19. The third-order valence-electron chi connectivity index (χ3n) is 4.83. The van der Waals surface area contributed by atoms with E-state index < -0.39 is 0 Å². The molecule has 2 saturated heterocycles. The molecule has 2 aliphatic heterocycles. The molecule has 1 aromatic rings. The Bertz CT molecular complexity index is 577. The second-order valence-corrected chi connectivity index (χ2v) is 7.02. The van der Waals surface area contributed by atoms with E-state index in [2.05, 4.69) is 4.90 Å². The van der Waals surface area contributed by atoms with Gasteiger partial charge >= 0.3 is 0 Å². The van der Waals surface area contributed by atoms with Crippen LogP contribution >= 0.6 is 11.3 Å². The molecule has 0 spiro atoms. The predicted octanol–water partition coefficient (Wildman–Crippen LogP) is 1.70. The van der Waals surface area contributed by atoms with Crippen molar-refractivity contribution >= 4 is 29.2 Å². The van der Waals surface area contributed by atoms with E-state index in [9.17, 15) is 9.59 Å². The summed E-state index contributed by atoms with van der Waals surface area (Å²) in [5.41, 5.74) is 6.57. The van der Waals surface area contributed by atoms with Crippen molar-refractivity contribution < 1.29 is 9.59 Å². The SMILES string of the molecule is NC(=O)[C@H]1CCCN1C1CCN(C(=O)/C=C\c2ccsc2)CC1. The molecule has 1 atom stereocenters. The number of amides is 2. The van der Waals surface area contributed by atoms with Crippen LogP contribution in [0.25, 0.3) is 6.08 Å². The van der Waals surface area contributed by atoms with Gasteiger partial charge in [-0.1, -0.05) is 0 Å². The number of nitrogens with two attached hydrogens (primary N) is 1. The van der Waals surface area contributed by atoms with Crippen molar-refractivity contribution in [1.29, 1.82) is 0 Å². The summed E-state index contributed by atoms with van der Waals surface area (Å²) in [5, 5.41) is 4.02. The Morgan fingerprint density at radius 1 is 1.22 bits per heavy atom. The van der Waals surface area contributed by atoms with Crippen molar-refractivity contribution in [3.8, 4) is 0 Å². The Labute approximate surface area is 140 Å². The Balaban J connectivity index is 1.52. The Kier molecular flexibility index (Phi) is 5.13. The van der Waals surface area contributed by atoms with Crippen LogP contribution in [0.3, 0.4) is 0 Å². The van der Waals surface area contributed by atoms with Crippen molar-refractivity contribution in [2.24, 2.45) is 5.73 Å². The Morgan fingerprint density at radius 3 is 2.65 bits per heavy atom. The topological polar surface area (TPSA) is 66.6 Å². The molecule has 3 rings (SSSR count). The van der Waals surface area contributed by atoms with Gasteiger partial charge in [-0.15, -0.1) is 0 Å². The lowest BCUT2D eigenvalue weighted by molar-refractivity contribution is -0.129. The molecule has 23 heavy (non-hydrogen) atoms. The Hall–Kier alpha value is -1.66. The number of hydrogen-bond donors (Lipinski definition) is 1. The smallest absolute Gasteiger partial charge is 0.246 e. The van der Waals surface area contributed by atoms with Crippen molar-refractivity contribution in [3.63, 3.8) is 0 Å². The van der Waals surface area contributed by atoms with E-state index in [1.807, 2.05) is 27.8 Å². The molecule has 5 nitrogen and oxygen atoms in total. The maximum absolute atomic E-state index is 12.2. The highest BCUT2D eigenvalue weighted by Gasteiger charge is 2.35. The van der Waals surface area contributed by atoms with Gasteiger partial charge in [0, 0.05) is 25.2 Å². The van der Waals surface area contributed by atoms with Gasteiger partial charge in [0.1, 0.15) is 0 Å². The molecule has 0 aromatic carbocycles. The summed E-state index contributed by atoms with van der Waals surface area (Å²) in [4.78, 5) is 27.9. The summed E-state index contributed by atoms with van der Waals surface area (Å²) in [6.07, 6.45) is 7.27. The lowest BCUT2D eigenvalue weighted by Gasteiger charge is -2.38. The second-order valence-electron chi connectivity index (χ2n) is 6.24. The molecule has 0 radical (unpaired) electrons. The van der Waals surface area contributed by atoms with Crippen LogP contribution in [-0.4, -0.2) is 53.3 Å². The van der Waals surface area contributed by atoms with Crippen LogP contribution in [0.1, 0.15) is 31.2 Å². The lowest BCUT2D eigenvalue weighted by atomic mass is 10.0. The number of carbonyl (C=O) groups excluding carboxylic acids is 2. The van der Waals surface area contributed by atoms with E-state index in [0.717, 1.165) is 50.9 Å². The minimum absolute atomic E-state index is 0.0718. The van der Waals surface area contributed by atoms with Gasteiger partial charge in [0.25, 0.3) is 0 Å². The molecule has 0 bridgehead atoms. The first kappa shape index (κ1) is 16.2. The zero-order valence-corrected chi connectivity index (χ0v) is 14.0. The number of rotatable bonds is 4. The van der Waals surface area contributed by atoms with Gasteiger partial charge in [0.15, 0.2) is 0 Å². The van der Waals surface area contributed by atoms with Gasteiger partial charge in [-0.3, -0.25) is 14.5 Å². The van der Waals surface area contributed by atoms with Gasteiger partial charge in [0.2, 0.25) is 11.8 Å². The molecule has 0 unspecified atom stereocenters. The number of piperidine rings is 1. The molecule has 2 fully saturated rings. The monoisotopic (exact) mass is 333 g/mol. The van der Waals surface area contributed by atoms with Crippen LogP contribution in [0.2, 0.25) is 0 Å². The first-order chi connectivity index (χ1) is 11.1. The van der Waals surface area contributed by atoms with Gasteiger partial charge in [-0.25, -0.2) is 0 Å². The fourth-order valence-corrected chi connectivity index (χ4v) is 4.22. The molecule has 124 valence electrons. The summed E-state index contributed by atoms with van der Waals surface area (Å²) in [5.74, 6) is -0.137. The fourth-order valence-electron chi connectivity index (χ4n) is 3.59. The van der Waals surface area contributed by atoms with Gasteiger partial charge in [-0.2, -0.15) is 11.3 Å². The molecule has 2 amide bonds. The van der Waals surface area contributed by atoms with E-state index >= 15 is 0 Å². The minimum Gasteiger partial charge on any atom is -0.368 e.